The van der Waals surface area contributed by atoms with Crippen LogP contribution in [0.15, 0.2) is 54.0 Å². The molecule has 0 spiro atoms. The molecule has 1 aromatic heterocycles. The van der Waals surface area contributed by atoms with Crippen LogP contribution >= 0.6 is 11.3 Å². The van der Waals surface area contributed by atoms with Crippen molar-refractivity contribution in [1.82, 2.24) is 24.6 Å². The predicted octanol–water partition coefficient (Wildman–Crippen LogP) is 4.00. The molecule has 3 aromatic rings. The zero-order valence-electron chi connectivity index (χ0n) is 21.9. The third-order valence-corrected chi connectivity index (χ3v) is 8.85. The highest BCUT2D eigenvalue weighted by Gasteiger charge is 2.37. The molecule has 0 N–H and O–H groups in total. The Balaban J connectivity index is 0.996. The van der Waals surface area contributed by atoms with Crippen molar-refractivity contribution in [2.45, 2.75) is 31.7 Å². The smallest absolute Gasteiger partial charge is 0.335 e. The molecule has 0 atom stereocenters. The van der Waals surface area contributed by atoms with Gasteiger partial charge in [-0.05, 0) is 41.3 Å². The quantitative estimate of drug-likeness (QED) is 0.465. The Kier molecular flexibility index (Phi) is 7.37. The molecule has 0 unspecified atom stereocenters. The van der Waals surface area contributed by atoms with Gasteiger partial charge in [-0.3, -0.25) is 19.4 Å². The number of fused-ring (bicyclic) bond motifs is 1. The number of piperazine rings is 1. The highest BCUT2D eigenvalue weighted by Crippen LogP contribution is 2.30. The van der Waals surface area contributed by atoms with Crippen molar-refractivity contribution in [2.24, 2.45) is 0 Å². The number of amides is 2. The summed E-state index contributed by atoms with van der Waals surface area (Å²) in [6.45, 7) is 6.09. The van der Waals surface area contributed by atoms with Gasteiger partial charge in [0.05, 0.1) is 5.56 Å². The van der Waals surface area contributed by atoms with E-state index < -0.39 is 11.7 Å². The molecule has 2 aromatic carbocycles. The van der Waals surface area contributed by atoms with Crippen LogP contribution in [0.4, 0.5) is 13.2 Å². The fourth-order valence-electron chi connectivity index (χ4n) is 5.77. The first kappa shape index (κ1) is 26.9. The summed E-state index contributed by atoms with van der Waals surface area (Å²) in [6.07, 6.45) is -1.94. The topological polar surface area (TPSA) is 60.0 Å². The van der Waals surface area contributed by atoms with Gasteiger partial charge in [0, 0.05) is 82.1 Å². The van der Waals surface area contributed by atoms with Crippen molar-refractivity contribution >= 4 is 23.2 Å². The van der Waals surface area contributed by atoms with Crippen molar-refractivity contribution in [3.8, 4) is 0 Å². The first-order valence-corrected chi connectivity index (χ1v) is 14.3. The van der Waals surface area contributed by atoms with E-state index in [1.165, 1.54) is 23.5 Å². The minimum absolute atomic E-state index is 0.00810. The molecule has 7 nitrogen and oxygen atoms in total. The number of rotatable bonds is 5. The lowest BCUT2D eigenvalue weighted by Crippen LogP contribution is -2.64. The van der Waals surface area contributed by atoms with Crippen molar-refractivity contribution in [3.63, 3.8) is 0 Å². The van der Waals surface area contributed by atoms with Gasteiger partial charge in [0.2, 0.25) is 0 Å². The second-order valence-corrected chi connectivity index (χ2v) is 11.6. The molecular formula is C29H30F3N5O2S. The Labute approximate surface area is 234 Å². The van der Waals surface area contributed by atoms with Crippen molar-refractivity contribution in [1.29, 1.82) is 0 Å². The number of aromatic nitrogens is 1. The van der Waals surface area contributed by atoms with E-state index in [2.05, 4.69) is 14.8 Å². The van der Waals surface area contributed by atoms with Crippen molar-refractivity contribution < 1.29 is 22.8 Å². The third-order valence-electron chi connectivity index (χ3n) is 8.09. The molecule has 0 saturated carbocycles. The number of thiazole rings is 1. The Hall–Kier alpha value is -3.28. The fraction of sp³-hybridized carbons (Fsp3) is 0.414. The summed E-state index contributed by atoms with van der Waals surface area (Å²) in [4.78, 5) is 38.1. The molecule has 2 saturated heterocycles. The molecule has 40 heavy (non-hydrogen) atoms. The second kappa shape index (κ2) is 10.9. The summed E-state index contributed by atoms with van der Waals surface area (Å²) in [6, 6.07) is 11.6. The van der Waals surface area contributed by atoms with Crippen LogP contribution in [-0.4, -0.2) is 88.3 Å². The van der Waals surface area contributed by atoms with Gasteiger partial charge >= 0.3 is 6.18 Å². The van der Waals surface area contributed by atoms with E-state index in [-0.39, 0.29) is 11.8 Å². The van der Waals surface area contributed by atoms with Gasteiger partial charge in [0.1, 0.15) is 0 Å². The van der Waals surface area contributed by atoms with Gasteiger partial charge in [0.25, 0.3) is 11.8 Å². The largest absolute Gasteiger partial charge is 0.416 e. The lowest BCUT2D eigenvalue weighted by Gasteiger charge is -2.48. The van der Waals surface area contributed by atoms with Crippen LogP contribution in [0.3, 0.4) is 0 Å². The number of likely N-dealkylation sites (tertiary alicyclic amines) is 1. The summed E-state index contributed by atoms with van der Waals surface area (Å²) in [7, 11) is 0. The van der Waals surface area contributed by atoms with Crippen LogP contribution in [-0.2, 0) is 25.7 Å². The van der Waals surface area contributed by atoms with E-state index in [0.29, 0.717) is 61.4 Å². The summed E-state index contributed by atoms with van der Waals surface area (Å²) in [5.74, 6) is 0.0225. The van der Waals surface area contributed by atoms with E-state index in [9.17, 15) is 22.8 Å². The number of nitrogens with zero attached hydrogens (tertiary/aromatic N) is 5. The van der Waals surface area contributed by atoms with Crippen molar-refractivity contribution in [3.05, 3.63) is 86.9 Å². The monoisotopic (exact) mass is 569 g/mol. The molecule has 0 aliphatic carbocycles. The van der Waals surface area contributed by atoms with Gasteiger partial charge in [0.15, 0.2) is 5.01 Å². The van der Waals surface area contributed by atoms with E-state index in [4.69, 9.17) is 0 Å². The number of carbonyl (C=O) groups is 2. The van der Waals surface area contributed by atoms with E-state index >= 15 is 0 Å². The normalized spacial score (nSPS) is 18.9. The highest BCUT2D eigenvalue weighted by molar-refractivity contribution is 7.11. The van der Waals surface area contributed by atoms with Crippen molar-refractivity contribution in [2.75, 3.05) is 45.8 Å². The number of alkyl halides is 3. The van der Waals surface area contributed by atoms with E-state index in [0.717, 1.165) is 43.2 Å². The summed E-state index contributed by atoms with van der Waals surface area (Å²) in [5.41, 5.74) is 2.95. The summed E-state index contributed by atoms with van der Waals surface area (Å²) in [5, 5.41) is 2.34. The minimum atomic E-state index is -4.35. The Morgan fingerprint density at radius 1 is 0.925 bits per heavy atom. The Morgan fingerprint density at radius 3 is 2.45 bits per heavy atom. The third kappa shape index (κ3) is 5.63. The maximum Gasteiger partial charge on any atom is 0.416 e. The van der Waals surface area contributed by atoms with Gasteiger partial charge in [-0.15, -0.1) is 11.3 Å². The predicted molar refractivity (Wildman–Crippen MR) is 145 cm³/mol. The maximum atomic E-state index is 13.2. The number of halogens is 3. The molecule has 3 aliphatic heterocycles. The fourth-order valence-corrected chi connectivity index (χ4v) is 6.38. The van der Waals surface area contributed by atoms with Crippen LogP contribution < -0.4 is 0 Å². The number of benzene rings is 2. The van der Waals surface area contributed by atoms with Crippen LogP contribution in [0, 0.1) is 0 Å². The van der Waals surface area contributed by atoms with Gasteiger partial charge in [-0.25, -0.2) is 4.98 Å². The standard InChI is InChI=1S/C29H30F3N5O2S/c30-29(31,32)24-3-1-2-20(14-24)16-34-8-6-21-15-22(4-5-23(21)17-34)27(38)37-18-25(19-37)35-9-11-36(12-10-35)28(39)26-33-7-13-40-26/h1-5,7,13-15,25H,6,8-12,16-19H2. The lowest BCUT2D eigenvalue weighted by atomic mass is 9.95. The van der Waals surface area contributed by atoms with Gasteiger partial charge < -0.3 is 9.80 Å². The highest BCUT2D eigenvalue weighted by atomic mass is 32.1. The molecule has 0 bridgehead atoms. The Morgan fingerprint density at radius 2 is 1.73 bits per heavy atom. The average molecular weight is 570 g/mol. The zero-order valence-corrected chi connectivity index (χ0v) is 22.8. The van der Waals surface area contributed by atoms with Crippen LogP contribution in [0.25, 0.3) is 0 Å². The average Bonchev–Trinajstić information content (AvgIpc) is 3.47. The lowest BCUT2D eigenvalue weighted by molar-refractivity contribution is -0.137. The first-order valence-electron chi connectivity index (χ1n) is 13.5. The molecule has 4 heterocycles. The second-order valence-electron chi connectivity index (χ2n) is 10.7. The SMILES string of the molecule is O=C(c1ccc2c(c1)CCN(Cc1cccc(C(F)(F)F)c1)C2)N1CC(N2CCN(C(=O)c3nccs3)CC2)C1. The van der Waals surface area contributed by atoms with Gasteiger partial charge in [-0.1, -0.05) is 24.3 Å². The number of hydrogen-bond donors (Lipinski definition) is 0. The zero-order chi connectivity index (χ0) is 27.9. The van der Waals surface area contributed by atoms with E-state index in [1.807, 2.05) is 33.4 Å². The van der Waals surface area contributed by atoms with Crippen LogP contribution in [0.5, 0.6) is 0 Å². The number of carbonyl (C=O) groups excluding carboxylic acids is 2. The Bertz CT molecular complexity index is 1380. The summed E-state index contributed by atoms with van der Waals surface area (Å²) < 4.78 is 39.2. The molecule has 0 radical (unpaired) electrons. The van der Waals surface area contributed by atoms with E-state index in [1.54, 1.807) is 12.3 Å². The first-order chi connectivity index (χ1) is 19.2. The number of hydrogen-bond acceptors (Lipinski definition) is 6. The maximum absolute atomic E-state index is 13.2. The minimum Gasteiger partial charge on any atom is -0.335 e. The molecule has 11 heteroatoms. The molecule has 6 rings (SSSR count). The molecule has 2 amide bonds. The molecule has 2 fully saturated rings. The molecular weight excluding hydrogens is 539 g/mol. The molecule has 210 valence electrons. The van der Waals surface area contributed by atoms with Crippen LogP contribution in [0.2, 0.25) is 0 Å². The molecule has 3 aliphatic rings. The van der Waals surface area contributed by atoms with Crippen LogP contribution in [0.1, 0.15) is 42.4 Å². The summed E-state index contributed by atoms with van der Waals surface area (Å²) >= 11 is 1.36. The van der Waals surface area contributed by atoms with Gasteiger partial charge in [-0.2, -0.15) is 13.2 Å².